The molecule has 20 heavy (non-hydrogen) atoms. The lowest BCUT2D eigenvalue weighted by molar-refractivity contribution is -0.149. The number of ether oxygens (including phenoxy) is 3. The number of thiol groups is 1. The minimum atomic E-state index is -0.902. The van der Waals surface area contributed by atoms with Crippen LogP contribution in [0, 0.1) is 5.92 Å². The number of rotatable bonds is 5. The highest BCUT2D eigenvalue weighted by Gasteiger charge is 2.26. The first-order valence-corrected chi connectivity index (χ1v) is 6.84. The number of benzene rings is 1. The zero-order valence-corrected chi connectivity index (χ0v) is 12.0. The van der Waals surface area contributed by atoms with Gasteiger partial charge < -0.3 is 14.2 Å². The summed E-state index contributed by atoms with van der Waals surface area (Å²) < 4.78 is 15.8. The summed E-state index contributed by atoms with van der Waals surface area (Å²) in [7, 11) is 0. The molecule has 0 radical (unpaired) electrons. The number of fused-ring (bicyclic) bond motifs is 1. The van der Waals surface area contributed by atoms with Gasteiger partial charge in [-0.2, -0.15) is 0 Å². The number of carbonyl (C=O) groups excluding carboxylic acids is 2. The highest BCUT2D eigenvalue weighted by molar-refractivity contribution is 7.96. The number of carbonyl (C=O) groups is 2. The summed E-state index contributed by atoms with van der Waals surface area (Å²) in [5.41, 5.74) is 0.801. The van der Waals surface area contributed by atoms with Gasteiger partial charge in [0.1, 0.15) is 19.1 Å². The van der Waals surface area contributed by atoms with Gasteiger partial charge in [0.2, 0.25) is 5.12 Å². The van der Waals surface area contributed by atoms with Gasteiger partial charge in [-0.3, -0.25) is 9.59 Å². The number of hydrogen-bond acceptors (Lipinski definition) is 5. The fourth-order valence-corrected chi connectivity index (χ4v) is 2.16. The van der Waals surface area contributed by atoms with Gasteiger partial charge in [0, 0.05) is 0 Å². The average molecular weight is 296 g/mol. The molecule has 108 valence electrons. The fourth-order valence-electron chi connectivity index (χ4n) is 1.96. The van der Waals surface area contributed by atoms with Crippen LogP contribution in [0.2, 0.25) is 0 Å². The van der Waals surface area contributed by atoms with Crippen LogP contribution in [-0.2, 0) is 20.7 Å². The summed E-state index contributed by atoms with van der Waals surface area (Å²) in [5, 5.41) is -0.502. The standard InChI is InChI=1S/C14H16O5S/c1-2-17-13(15)10(14(16)20)7-9-3-4-11-12(8-9)19-6-5-18-11/h3-4,8,10H,2,5-7H2,1H3,(H,16,20). The minimum Gasteiger partial charge on any atom is -0.486 e. The Labute approximate surface area is 122 Å². The maximum absolute atomic E-state index is 11.7. The molecule has 0 saturated carbocycles. The van der Waals surface area contributed by atoms with E-state index in [0.717, 1.165) is 5.56 Å². The molecule has 0 fully saturated rings. The van der Waals surface area contributed by atoms with Crippen molar-refractivity contribution in [3.8, 4) is 11.5 Å². The second-order valence-corrected chi connectivity index (χ2v) is 4.77. The molecule has 1 aromatic carbocycles. The van der Waals surface area contributed by atoms with Crippen molar-refractivity contribution in [1.82, 2.24) is 0 Å². The molecule has 0 N–H and O–H groups in total. The van der Waals surface area contributed by atoms with Crippen LogP contribution in [-0.4, -0.2) is 30.9 Å². The molecular formula is C14H16O5S. The van der Waals surface area contributed by atoms with Crippen LogP contribution in [0.25, 0.3) is 0 Å². The van der Waals surface area contributed by atoms with Crippen molar-refractivity contribution in [3.05, 3.63) is 23.8 Å². The Bertz CT molecular complexity index is 514. The monoisotopic (exact) mass is 296 g/mol. The molecule has 1 aromatic rings. The molecule has 1 aliphatic rings. The molecule has 0 aliphatic carbocycles. The van der Waals surface area contributed by atoms with Crippen LogP contribution >= 0.6 is 12.6 Å². The van der Waals surface area contributed by atoms with E-state index in [1.165, 1.54) is 0 Å². The van der Waals surface area contributed by atoms with E-state index in [2.05, 4.69) is 12.6 Å². The Kier molecular flexibility index (Phi) is 4.89. The van der Waals surface area contributed by atoms with E-state index in [0.29, 0.717) is 24.7 Å². The lowest BCUT2D eigenvalue weighted by Gasteiger charge is -2.19. The predicted octanol–water partition coefficient (Wildman–Crippen LogP) is 1.64. The van der Waals surface area contributed by atoms with E-state index in [-0.39, 0.29) is 13.0 Å². The van der Waals surface area contributed by atoms with Gasteiger partial charge in [0.15, 0.2) is 11.5 Å². The van der Waals surface area contributed by atoms with Crippen LogP contribution in [0.4, 0.5) is 0 Å². The van der Waals surface area contributed by atoms with Gasteiger partial charge in [-0.25, -0.2) is 0 Å². The van der Waals surface area contributed by atoms with Crippen molar-refractivity contribution in [2.24, 2.45) is 5.92 Å². The second kappa shape index (κ2) is 6.65. The molecule has 6 heteroatoms. The van der Waals surface area contributed by atoms with E-state index in [9.17, 15) is 9.59 Å². The third kappa shape index (κ3) is 3.45. The van der Waals surface area contributed by atoms with E-state index in [4.69, 9.17) is 14.2 Å². The van der Waals surface area contributed by atoms with Gasteiger partial charge in [-0.1, -0.05) is 6.07 Å². The first-order chi connectivity index (χ1) is 9.61. The quantitative estimate of drug-likeness (QED) is 0.508. The smallest absolute Gasteiger partial charge is 0.317 e. The Morgan fingerprint density at radius 1 is 1.30 bits per heavy atom. The van der Waals surface area contributed by atoms with E-state index < -0.39 is 17.0 Å². The van der Waals surface area contributed by atoms with Gasteiger partial charge in [0.25, 0.3) is 0 Å². The van der Waals surface area contributed by atoms with Crippen LogP contribution < -0.4 is 9.47 Å². The molecule has 0 amide bonds. The Morgan fingerprint density at radius 3 is 2.65 bits per heavy atom. The summed E-state index contributed by atoms with van der Waals surface area (Å²) in [6, 6.07) is 5.35. The molecule has 0 spiro atoms. The molecule has 0 bridgehead atoms. The van der Waals surface area contributed by atoms with Gasteiger partial charge in [-0.05, 0) is 31.0 Å². The summed E-state index contributed by atoms with van der Waals surface area (Å²) in [6.07, 6.45) is 0.234. The average Bonchev–Trinajstić information content (AvgIpc) is 2.44. The van der Waals surface area contributed by atoms with Gasteiger partial charge in [0.05, 0.1) is 6.61 Å². The molecule has 0 saturated heterocycles. The highest BCUT2D eigenvalue weighted by Crippen LogP contribution is 2.31. The normalized spacial score (nSPS) is 14.5. The lowest BCUT2D eigenvalue weighted by atomic mass is 10.00. The van der Waals surface area contributed by atoms with Crippen LogP contribution in [0.5, 0.6) is 11.5 Å². The third-order valence-electron chi connectivity index (χ3n) is 2.92. The van der Waals surface area contributed by atoms with Crippen LogP contribution in [0.3, 0.4) is 0 Å². The molecule has 1 heterocycles. The first kappa shape index (κ1) is 14.7. The predicted molar refractivity (Wildman–Crippen MR) is 75.3 cm³/mol. The first-order valence-electron chi connectivity index (χ1n) is 6.39. The SMILES string of the molecule is CCOC(=O)C(Cc1ccc2c(c1)OCCO2)C(=O)S. The zero-order chi connectivity index (χ0) is 14.5. The van der Waals surface area contributed by atoms with E-state index in [1.54, 1.807) is 25.1 Å². The molecule has 1 unspecified atom stereocenters. The molecular weight excluding hydrogens is 280 g/mol. The third-order valence-corrected chi connectivity index (χ3v) is 3.23. The second-order valence-electron chi connectivity index (χ2n) is 4.33. The molecule has 1 atom stereocenters. The topological polar surface area (TPSA) is 61.8 Å². The van der Waals surface area contributed by atoms with Crippen molar-refractivity contribution >= 4 is 23.7 Å². The largest absolute Gasteiger partial charge is 0.486 e. The van der Waals surface area contributed by atoms with Crippen molar-refractivity contribution in [2.75, 3.05) is 19.8 Å². The summed E-state index contributed by atoms with van der Waals surface area (Å²) in [6.45, 7) is 2.94. The molecule has 2 rings (SSSR count). The molecule has 5 nitrogen and oxygen atoms in total. The van der Waals surface area contributed by atoms with Gasteiger partial charge in [-0.15, -0.1) is 12.6 Å². The van der Waals surface area contributed by atoms with Crippen molar-refractivity contribution < 1.29 is 23.8 Å². The lowest BCUT2D eigenvalue weighted by Crippen LogP contribution is -2.25. The highest BCUT2D eigenvalue weighted by atomic mass is 32.1. The fraction of sp³-hybridized carbons (Fsp3) is 0.429. The maximum atomic E-state index is 11.7. The molecule has 1 aliphatic heterocycles. The number of hydrogen-bond donors (Lipinski definition) is 1. The Balaban J connectivity index is 2.14. The zero-order valence-electron chi connectivity index (χ0n) is 11.1. The van der Waals surface area contributed by atoms with Crippen molar-refractivity contribution in [1.29, 1.82) is 0 Å². The van der Waals surface area contributed by atoms with Gasteiger partial charge >= 0.3 is 5.97 Å². The summed E-state index contributed by atoms with van der Waals surface area (Å²) in [5.74, 6) is -0.156. The molecule has 0 aromatic heterocycles. The minimum absolute atomic E-state index is 0.234. The Hall–Kier alpha value is -1.69. The summed E-state index contributed by atoms with van der Waals surface area (Å²) in [4.78, 5) is 23.2. The maximum Gasteiger partial charge on any atom is 0.317 e. The van der Waals surface area contributed by atoms with Crippen LogP contribution in [0.15, 0.2) is 18.2 Å². The van der Waals surface area contributed by atoms with Crippen molar-refractivity contribution in [3.63, 3.8) is 0 Å². The van der Waals surface area contributed by atoms with E-state index in [1.807, 2.05) is 0 Å². The van der Waals surface area contributed by atoms with E-state index >= 15 is 0 Å². The number of esters is 1. The van der Waals surface area contributed by atoms with Crippen LogP contribution in [0.1, 0.15) is 12.5 Å². The summed E-state index contributed by atoms with van der Waals surface area (Å²) >= 11 is 3.76. The van der Waals surface area contributed by atoms with Crippen molar-refractivity contribution in [2.45, 2.75) is 13.3 Å². The Morgan fingerprint density at radius 2 is 2.00 bits per heavy atom.